The Kier molecular flexibility index (Phi) is 2.92. The summed E-state index contributed by atoms with van der Waals surface area (Å²) in [7, 11) is 0. The van der Waals surface area contributed by atoms with Crippen molar-refractivity contribution in [3.63, 3.8) is 0 Å². The number of hydrogen-bond acceptors (Lipinski definition) is 0. The van der Waals surface area contributed by atoms with E-state index in [4.69, 9.17) is 0 Å². The summed E-state index contributed by atoms with van der Waals surface area (Å²) < 4.78 is 0. The lowest BCUT2D eigenvalue weighted by molar-refractivity contribution is 0.551. The summed E-state index contributed by atoms with van der Waals surface area (Å²) in [6.45, 7) is 8.23. The topological polar surface area (TPSA) is 0 Å². The first-order valence-electron chi connectivity index (χ1n) is 4.50. The van der Waals surface area contributed by atoms with Gasteiger partial charge in [-0.05, 0) is 45.4 Å². The molecule has 0 saturated heterocycles. The molecule has 0 bridgehead atoms. The van der Waals surface area contributed by atoms with Crippen LogP contribution in [-0.4, -0.2) is 0 Å². The molecular weight excluding hydrogens is 132 g/mol. The van der Waals surface area contributed by atoms with Crippen LogP contribution in [0, 0.1) is 5.92 Å². The van der Waals surface area contributed by atoms with E-state index < -0.39 is 0 Å². The van der Waals surface area contributed by atoms with Crippen LogP contribution in [0.2, 0.25) is 0 Å². The quantitative estimate of drug-likeness (QED) is 0.526. The highest BCUT2D eigenvalue weighted by molar-refractivity contribution is 5.08. The Balaban J connectivity index is 2.36. The van der Waals surface area contributed by atoms with Gasteiger partial charge in [-0.3, -0.25) is 0 Å². The zero-order valence-electron chi connectivity index (χ0n) is 7.69. The van der Waals surface area contributed by atoms with Crippen molar-refractivity contribution in [2.45, 2.75) is 39.5 Å². The fraction of sp³-hybridized carbons (Fsp3) is 0.636. The summed E-state index contributed by atoms with van der Waals surface area (Å²) >= 11 is 0. The van der Waals surface area contributed by atoms with Gasteiger partial charge in [0.05, 0.1) is 0 Å². The zero-order valence-corrected chi connectivity index (χ0v) is 7.69. The predicted octanol–water partition coefficient (Wildman–Crippen LogP) is 3.70. The maximum atomic E-state index is 3.95. The molecule has 1 unspecified atom stereocenters. The number of rotatable bonds is 2. The van der Waals surface area contributed by atoms with Gasteiger partial charge in [-0.1, -0.05) is 17.2 Å². The first-order valence-corrected chi connectivity index (χ1v) is 4.50. The van der Waals surface area contributed by atoms with E-state index in [2.05, 4.69) is 26.5 Å². The third kappa shape index (κ3) is 2.53. The second-order valence-corrected chi connectivity index (χ2v) is 3.72. The molecule has 1 rings (SSSR count). The highest BCUT2D eigenvalue weighted by Crippen LogP contribution is 2.33. The fourth-order valence-electron chi connectivity index (χ4n) is 1.89. The summed E-state index contributed by atoms with van der Waals surface area (Å²) in [5, 5.41) is 0. The van der Waals surface area contributed by atoms with E-state index in [1.54, 1.807) is 5.57 Å². The van der Waals surface area contributed by atoms with E-state index in [-0.39, 0.29) is 0 Å². The van der Waals surface area contributed by atoms with Crippen LogP contribution in [0.25, 0.3) is 0 Å². The van der Waals surface area contributed by atoms with Gasteiger partial charge in [0.15, 0.2) is 0 Å². The van der Waals surface area contributed by atoms with Crippen molar-refractivity contribution in [2.75, 3.05) is 0 Å². The van der Waals surface area contributed by atoms with Gasteiger partial charge in [0.2, 0.25) is 0 Å². The molecule has 1 fully saturated rings. The summed E-state index contributed by atoms with van der Waals surface area (Å²) in [5.41, 5.74) is 2.99. The molecule has 0 radical (unpaired) electrons. The number of hydrogen-bond donors (Lipinski definition) is 0. The molecule has 0 heterocycles. The minimum Gasteiger partial charge on any atom is -0.100 e. The summed E-state index contributed by atoms with van der Waals surface area (Å²) in [6.07, 6.45) is 7.54. The van der Waals surface area contributed by atoms with Gasteiger partial charge >= 0.3 is 0 Å². The molecule has 0 N–H and O–H groups in total. The van der Waals surface area contributed by atoms with Gasteiger partial charge in [-0.15, -0.1) is 6.58 Å². The second-order valence-electron chi connectivity index (χ2n) is 3.72. The average molecular weight is 150 g/mol. The second kappa shape index (κ2) is 3.75. The molecule has 0 aromatic carbocycles. The van der Waals surface area contributed by atoms with Gasteiger partial charge in [0.1, 0.15) is 0 Å². The average Bonchev–Trinajstić information content (AvgIpc) is 2.34. The van der Waals surface area contributed by atoms with Crippen molar-refractivity contribution in [3.8, 4) is 0 Å². The molecule has 1 aliphatic carbocycles. The van der Waals surface area contributed by atoms with Crippen LogP contribution >= 0.6 is 0 Å². The van der Waals surface area contributed by atoms with Gasteiger partial charge < -0.3 is 0 Å². The van der Waals surface area contributed by atoms with Crippen molar-refractivity contribution in [3.05, 3.63) is 23.8 Å². The third-order valence-electron chi connectivity index (χ3n) is 2.47. The molecule has 0 aliphatic heterocycles. The summed E-state index contributed by atoms with van der Waals surface area (Å²) in [6, 6.07) is 0. The molecule has 0 spiro atoms. The molecule has 1 aliphatic rings. The maximum Gasteiger partial charge on any atom is -0.0289 e. The van der Waals surface area contributed by atoms with Crippen molar-refractivity contribution in [2.24, 2.45) is 5.92 Å². The number of allylic oxidation sites excluding steroid dienone is 3. The molecule has 0 nitrogen and oxygen atoms in total. The van der Waals surface area contributed by atoms with Crippen LogP contribution < -0.4 is 0 Å². The minimum absolute atomic E-state index is 0.902. The van der Waals surface area contributed by atoms with Gasteiger partial charge in [-0.2, -0.15) is 0 Å². The van der Waals surface area contributed by atoms with E-state index in [1.165, 1.54) is 31.3 Å². The van der Waals surface area contributed by atoms with E-state index in [0.717, 1.165) is 5.92 Å². The molecule has 11 heavy (non-hydrogen) atoms. The Morgan fingerprint density at radius 2 is 2.45 bits per heavy atom. The molecule has 1 saturated carbocycles. The van der Waals surface area contributed by atoms with Gasteiger partial charge in [0.25, 0.3) is 0 Å². The van der Waals surface area contributed by atoms with Crippen molar-refractivity contribution in [1.82, 2.24) is 0 Å². The first-order chi connectivity index (χ1) is 5.22. The Hall–Kier alpha value is -0.520. The fourth-order valence-corrected chi connectivity index (χ4v) is 1.89. The third-order valence-corrected chi connectivity index (χ3v) is 2.47. The standard InChI is InChI=1S/C11H18/c1-4-10-5-6-11(8-10)7-9(2)3/h4,11H,2,5-8H2,1,3H3/b10-4-. The van der Waals surface area contributed by atoms with Crippen molar-refractivity contribution >= 4 is 0 Å². The first kappa shape index (κ1) is 8.58. The van der Waals surface area contributed by atoms with Crippen LogP contribution in [-0.2, 0) is 0 Å². The van der Waals surface area contributed by atoms with Crippen LogP contribution in [0.4, 0.5) is 0 Å². The van der Waals surface area contributed by atoms with Gasteiger partial charge in [0, 0.05) is 0 Å². The Morgan fingerprint density at radius 3 is 2.91 bits per heavy atom. The van der Waals surface area contributed by atoms with Crippen LogP contribution in [0.1, 0.15) is 39.5 Å². The predicted molar refractivity (Wildman–Crippen MR) is 50.5 cm³/mol. The van der Waals surface area contributed by atoms with Crippen molar-refractivity contribution in [1.29, 1.82) is 0 Å². The highest BCUT2D eigenvalue weighted by atomic mass is 14.2. The molecule has 62 valence electrons. The molecule has 0 heteroatoms. The van der Waals surface area contributed by atoms with E-state index >= 15 is 0 Å². The molecular formula is C11H18. The zero-order chi connectivity index (χ0) is 8.27. The normalized spacial score (nSPS) is 27.8. The lowest BCUT2D eigenvalue weighted by Gasteiger charge is -2.06. The van der Waals surface area contributed by atoms with Crippen LogP contribution in [0.5, 0.6) is 0 Å². The Labute approximate surface area is 70.0 Å². The monoisotopic (exact) mass is 150 g/mol. The maximum absolute atomic E-state index is 3.95. The Bertz CT molecular complexity index is 174. The molecule has 0 amide bonds. The van der Waals surface area contributed by atoms with Crippen molar-refractivity contribution < 1.29 is 0 Å². The van der Waals surface area contributed by atoms with E-state index in [1.807, 2.05) is 0 Å². The highest BCUT2D eigenvalue weighted by Gasteiger charge is 2.17. The SMILES string of the molecule is C=C(C)CC1CC/C(=C/C)C1. The summed E-state index contributed by atoms with van der Waals surface area (Å²) in [5.74, 6) is 0.902. The lowest BCUT2D eigenvalue weighted by atomic mass is 9.99. The van der Waals surface area contributed by atoms with E-state index in [0.29, 0.717) is 0 Å². The smallest absolute Gasteiger partial charge is 0.0289 e. The van der Waals surface area contributed by atoms with Crippen LogP contribution in [0.15, 0.2) is 23.8 Å². The molecule has 0 aromatic heterocycles. The minimum atomic E-state index is 0.902. The lowest BCUT2D eigenvalue weighted by Crippen LogP contribution is -1.92. The van der Waals surface area contributed by atoms with Crippen LogP contribution in [0.3, 0.4) is 0 Å². The van der Waals surface area contributed by atoms with E-state index in [9.17, 15) is 0 Å². The Morgan fingerprint density at radius 1 is 1.73 bits per heavy atom. The summed E-state index contributed by atoms with van der Waals surface area (Å²) in [4.78, 5) is 0. The largest absolute Gasteiger partial charge is 0.100 e. The molecule has 0 aromatic rings. The molecule has 1 atom stereocenters. The van der Waals surface area contributed by atoms with Gasteiger partial charge in [-0.25, -0.2) is 0 Å².